The summed E-state index contributed by atoms with van der Waals surface area (Å²) in [6.07, 6.45) is 3.62. The first-order valence-corrected chi connectivity index (χ1v) is 10.6. The lowest BCUT2D eigenvalue weighted by molar-refractivity contribution is -0.128. The first kappa shape index (κ1) is 21.0. The van der Waals surface area contributed by atoms with E-state index >= 15 is 0 Å². The molecule has 0 radical (unpaired) electrons. The molecule has 1 unspecified atom stereocenters. The van der Waals surface area contributed by atoms with Crippen LogP contribution in [0.25, 0.3) is 6.08 Å². The van der Waals surface area contributed by atoms with Gasteiger partial charge in [-0.05, 0) is 67.4 Å². The van der Waals surface area contributed by atoms with Crippen LogP contribution in [0.15, 0.2) is 47.4 Å². The van der Waals surface area contributed by atoms with E-state index in [1.54, 1.807) is 23.1 Å². The van der Waals surface area contributed by atoms with E-state index in [1.165, 1.54) is 44.5 Å². The molecule has 29 heavy (non-hydrogen) atoms. The van der Waals surface area contributed by atoms with Crippen LogP contribution in [0, 0.1) is 5.82 Å². The number of nitrogens with zero attached hydrogens (tertiary/aromatic N) is 1. The molecule has 1 amide bonds. The van der Waals surface area contributed by atoms with Crippen molar-refractivity contribution in [3.8, 4) is 5.75 Å². The maximum absolute atomic E-state index is 13.6. The Morgan fingerprint density at radius 2 is 2.03 bits per heavy atom. The number of amides is 1. The van der Waals surface area contributed by atoms with E-state index in [0.717, 1.165) is 11.1 Å². The minimum Gasteiger partial charge on any atom is -0.495 e. The van der Waals surface area contributed by atoms with E-state index < -0.39 is 10.0 Å². The highest BCUT2D eigenvalue weighted by Gasteiger charge is 2.26. The zero-order chi connectivity index (χ0) is 21.2. The molecule has 0 bridgehead atoms. The average molecular weight is 418 g/mol. The molecule has 1 heterocycles. The molecule has 8 heteroatoms. The van der Waals surface area contributed by atoms with Gasteiger partial charge in [-0.15, -0.1) is 0 Å². The van der Waals surface area contributed by atoms with Crippen LogP contribution in [-0.2, 0) is 21.2 Å². The molecule has 3 rings (SSSR count). The van der Waals surface area contributed by atoms with E-state index in [4.69, 9.17) is 4.74 Å². The maximum atomic E-state index is 13.6. The van der Waals surface area contributed by atoms with Gasteiger partial charge in [-0.2, -0.15) is 0 Å². The molecular weight excluding hydrogens is 395 g/mol. The number of halogens is 1. The van der Waals surface area contributed by atoms with Crippen LogP contribution in [0.5, 0.6) is 5.75 Å². The molecule has 0 spiro atoms. The number of methoxy groups -OCH3 is 1. The van der Waals surface area contributed by atoms with Crippen LogP contribution in [0.2, 0.25) is 0 Å². The number of hydrogen-bond donors (Lipinski definition) is 1. The number of rotatable bonds is 5. The quantitative estimate of drug-likeness (QED) is 0.758. The van der Waals surface area contributed by atoms with Crippen molar-refractivity contribution in [1.82, 2.24) is 9.62 Å². The van der Waals surface area contributed by atoms with Gasteiger partial charge in [0.05, 0.1) is 13.2 Å². The molecule has 6 nitrogen and oxygen atoms in total. The van der Waals surface area contributed by atoms with E-state index in [9.17, 15) is 17.6 Å². The van der Waals surface area contributed by atoms with Gasteiger partial charge in [-0.1, -0.05) is 12.1 Å². The highest BCUT2D eigenvalue weighted by atomic mass is 32.2. The molecule has 2 aromatic carbocycles. The molecule has 0 fully saturated rings. The first-order chi connectivity index (χ1) is 13.8. The molecule has 0 saturated heterocycles. The second-order valence-corrected chi connectivity index (χ2v) is 8.61. The number of fused-ring (bicyclic) bond motifs is 1. The van der Waals surface area contributed by atoms with E-state index in [2.05, 4.69) is 4.72 Å². The Labute approximate surface area is 170 Å². The van der Waals surface area contributed by atoms with Crippen molar-refractivity contribution < 1.29 is 22.3 Å². The molecule has 154 valence electrons. The van der Waals surface area contributed by atoms with Gasteiger partial charge in [-0.25, -0.2) is 17.5 Å². The highest BCUT2D eigenvalue weighted by molar-refractivity contribution is 7.89. The van der Waals surface area contributed by atoms with Crippen molar-refractivity contribution in [2.24, 2.45) is 0 Å². The van der Waals surface area contributed by atoms with Crippen molar-refractivity contribution in [3.63, 3.8) is 0 Å². The van der Waals surface area contributed by atoms with Gasteiger partial charge in [0, 0.05) is 12.6 Å². The standard InChI is InChI=1S/C21H23FN2O4S/c1-14-18-13-17(22)7-6-16(18)10-11-24(14)21(25)9-5-15-4-8-19(28-3)20(12-15)29(26,27)23-2/h4-9,12-14,23H,10-11H2,1-3H3/b9-5+. The maximum Gasteiger partial charge on any atom is 0.247 e. The van der Waals surface area contributed by atoms with Crippen LogP contribution in [0.4, 0.5) is 4.39 Å². The topological polar surface area (TPSA) is 75.7 Å². The van der Waals surface area contributed by atoms with E-state index in [0.29, 0.717) is 18.5 Å². The third-order valence-corrected chi connectivity index (χ3v) is 6.53. The summed E-state index contributed by atoms with van der Waals surface area (Å²) in [5.74, 6) is -0.329. The summed E-state index contributed by atoms with van der Waals surface area (Å²) in [6.45, 7) is 2.40. The van der Waals surface area contributed by atoms with Gasteiger partial charge < -0.3 is 9.64 Å². The van der Waals surface area contributed by atoms with Crippen molar-refractivity contribution in [3.05, 3.63) is 65.0 Å². The van der Waals surface area contributed by atoms with Gasteiger partial charge in [0.15, 0.2) is 0 Å². The summed E-state index contributed by atoms with van der Waals surface area (Å²) in [7, 11) is -1.000. The summed E-state index contributed by atoms with van der Waals surface area (Å²) < 4.78 is 45.4. The summed E-state index contributed by atoms with van der Waals surface area (Å²) in [5.41, 5.74) is 2.40. The normalized spacial score (nSPS) is 16.7. The third kappa shape index (κ3) is 4.33. The summed E-state index contributed by atoms with van der Waals surface area (Å²) in [4.78, 5) is 14.4. The molecule has 2 aromatic rings. The lowest BCUT2D eigenvalue weighted by Gasteiger charge is -2.34. The largest absolute Gasteiger partial charge is 0.495 e. The SMILES string of the molecule is CNS(=O)(=O)c1cc(/C=C/C(=O)N2CCc3ccc(F)cc3C2C)ccc1OC. The van der Waals surface area contributed by atoms with Crippen molar-refractivity contribution >= 4 is 22.0 Å². The number of sulfonamides is 1. The van der Waals surface area contributed by atoms with Crippen LogP contribution in [0.1, 0.15) is 29.7 Å². The fourth-order valence-corrected chi connectivity index (χ4v) is 4.39. The van der Waals surface area contributed by atoms with Crippen LogP contribution >= 0.6 is 0 Å². The summed E-state index contributed by atoms with van der Waals surface area (Å²) in [6, 6.07) is 9.07. The number of nitrogens with one attached hydrogen (secondary N) is 1. The first-order valence-electron chi connectivity index (χ1n) is 9.15. The van der Waals surface area contributed by atoms with Crippen molar-refractivity contribution in [2.75, 3.05) is 20.7 Å². The Morgan fingerprint density at radius 3 is 2.72 bits per heavy atom. The Morgan fingerprint density at radius 1 is 1.28 bits per heavy atom. The van der Waals surface area contributed by atoms with Gasteiger partial charge in [0.25, 0.3) is 0 Å². The van der Waals surface area contributed by atoms with Crippen LogP contribution < -0.4 is 9.46 Å². The molecule has 1 aliphatic rings. The number of carbonyl (C=O) groups excluding carboxylic acids is 1. The van der Waals surface area contributed by atoms with Gasteiger partial charge >= 0.3 is 0 Å². The lowest BCUT2D eigenvalue weighted by Crippen LogP contribution is -2.37. The van der Waals surface area contributed by atoms with Gasteiger partial charge in [-0.3, -0.25) is 4.79 Å². The predicted octanol–water partition coefficient (Wildman–Crippen LogP) is 2.90. The minimum atomic E-state index is -3.71. The zero-order valence-corrected chi connectivity index (χ0v) is 17.3. The van der Waals surface area contributed by atoms with E-state index in [-0.39, 0.29) is 28.4 Å². The molecule has 0 aromatic heterocycles. The molecule has 0 saturated carbocycles. The zero-order valence-electron chi connectivity index (χ0n) is 16.5. The number of carbonyl (C=O) groups is 1. The average Bonchev–Trinajstić information content (AvgIpc) is 2.72. The summed E-state index contributed by atoms with van der Waals surface area (Å²) >= 11 is 0. The minimum absolute atomic E-state index is 0.00663. The lowest BCUT2D eigenvalue weighted by atomic mass is 9.93. The molecule has 0 aliphatic carbocycles. The van der Waals surface area contributed by atoms with Gasteiger partial charge in [0.1, 0.15) is 16.5 Å². The second-order valence-electron chi connectivity index (χ2n) is 6.75. The Balaban J connectivity index is 1.83. The second kappa shape index (κ2) is 8.34. The van der Waals surface area contributed by atoms with Gasteiger partial charge in [0.2, 0.25) is 15.9 Å². The Kier molecular flexibility index (Phi) is 6.04. The highest BCUT2D eigenvalue weighted by Crippen LogP contribution is 2.30. The molecule has 1 atom stereocenters. The Hall–Kier alpha value is -2.71. The smallest absolute Gasteiger partial charge is 0.247 e. The Bertz CT molecular complexity index is 1070. The molecule has 1 N–H and O–H groups in total. The molecular formula is C21H23FN2O4S. The molecule has 1 aliphatic heterocycles. The predicted molar refractivity (Wildman–Crippen MR) is 109 cm³/mol. The van der Waals surface area contributed by atoms with E-state index in [1.807, 2.05) is 6.92 Å². The summed E-state index contributed by atoms with van der Waals surface area (Å²) in [5, 5.41) is 0. The number of benzene rings is 2. The monoisotopic (exact) mass is 418 g/mol. The van der Waals surface area contributed by atoms with Crippen LogP contribution in [0.3, 0.4) is 0 Å². The fraction of sp³-hybridized carbons (Fsp3) is 0.286. The third-order valence-electron chi connectivity index (χ3n) is 5.09. The van der Waals surface area contributed by atoms with Crippen molar-refractivity contribution in [2.45, 2.75) is 24.3 Å². The number of hydrogen-bond acceptors (Lipinski definition) is 4. The fourth-order valence-electron chi connectivity index (χ4n) is 3.47. The van der Waals surface area contributed by atoms with Crippen molar-refractivity contribution in [1.29, 1.82) is 0 Å². The number of ether oxygens (including phenoxy) is 1. The van der Waals surface area contributed by atoms with Crippen LogP contribution in [-0.4, -0.2) is 39.9 Å².